The first-order chi connectivity index (χ1) is 18.7. The van der Waals surface area contributed by atoms with Crippen LogP contribution in [0, 0.1) is 20.8 Å². The van der Waals surface area contributed by atoms with E-state index in [1.165, 1.54) is 28.2 Å². The molecule has 0 unspecified atom stereocenters. The van der Waals surface area contributed by atoms with Crippen molar-refractivity contribution in [1.82, 2.24) is 24.6 Å². The van der Waals surface area contributed by atoms with E-state index in [0.29, 0.717) is 11.6 Å². The van der Waals surface area contributed by atoms with Crippen molar-refractivity contribution in [3.05, 3.63) is 83.2 Å². The van der Waals surface area contributed by atoms with Crippen LogP contribution in [0.2, 0.25) is 0 Å². The maximum absolute atomic E-state index is 13.0. The third-order valence-corrected chi connectivity index (χ3v) is 8.17. The highest BCUT2D eigenvalue weighted by atomic mass is 32.2. The van der Waals surface area contributed by atoms with Crippen LogP contribution in [0.5, 0.6) is 5.88 Å². The van der Waals surface area contributed by atoms with Crippen LogP contribution in [-0.4, -0.2) is 58.8 Å². The zero-order valence-corrected chi connectivity index (χ0v) is 23.6. The highest BCUT2D eigenvalue weighted by Gasteiger charge is 2.29. The van der Waals surface area contributed by atoms with Gasteiger partial charge >= 0.3 is 0 Å². The second-order valence-electron chi connectivity index (χ2n) is 10.2. The number of likely N-dealkylation sites (tertiary alicyclic amines) is 1. The predicted molar refractivity (Wildman–Crippen MR) is 151 cm³/mol. The molecular formula is C29H34N6O3S. The first-order valence-electron chi connectivity index (χ1n) is 13.1. The van der Waals surface area contributed by atoms with E-state index < -0.39 is 10.0 Å². The van der Waals surface area contributed by atoms with Gasteiger partial charge in [-0.25, -0.2) is 18.1 Å². The number of hydrogen-bond acceptors (Lipinski definition) is 7. The molecular weight excluding hydrogens is 512 g/mol. The number of benzene rings is 2. The number of ether oxygens (including phenoxy) is 1. The molecule has 4 aromatic rings. The minimum absolute atomic E-state index is 0.0209. The molecule has 1 aliphatic rings. The Morgan fingerprint density at radius 1 is 1.03 bits per heavy atom. The van der Waals surface area contributed by atoms with Gasteiger partial charge in [0.1, 0.15) is 11.0 Å². The predicted octanol–water partition coefficient (Wildman–Crippen LogP) is 4.30. The van der Waals surface area contributed by atoms with E-state index in [0.717, 1.165) is 49.2 Å². The molecule has 2 aromatic carbocycles. The second kappa shape index (κ2) is 11.2. The maximum atomic E-state index is 13.0. The highest BCUT2D eigenvalue weighted by molar-refractivity contribution is 7.92. The molecule has 0 radical (unpaired) electrons. The zero-order chi connectivity index (χ0) is 27.6. The zero-order valence-electron chi connectivity index (χ0n) is 22.8. The molecule has 0 aliphatic carbocycles. The maximum Gasteiger partial charge on any atom is 0.267 e. The Labute approximate surface area is 229 Å². The van der Waals surface area contributed by atoms with Crippen molar-refractivity contribution in [1.29, 1.82) is 0 Å². The van der Waals surface area contributed by atoms with Gasteiger partial charge in [0, 0.05) is 38.0 Å². The van der Waals surface area contributed by atoms with Gasteiger partial charge in [-0.05, 0) is 56.8 Å². The number of nitrogens with one attached hydrogen (secondary N) is 1. The van der Waals surface area contributed by atoms with E-state index in [1.807, 2.05) is 32.0 Å². The first-order valence-corrected chi connectivity index (χ1v) is 14.6. The van der Waals surface area contributed by atoms with E-state index in [4.69, 9.17) is 4.74 Å². The Hall–Kier alpha value is -3.76. The molecule has 39 heavy (non-hydrogen) atoms. The molecule has 10 heteroatoms. The summed E-state index contributed by atoms with van der Waals surface area (Å²) in [5, 5.41) is 3.97. The molecule has 2 aromatic heterocycles. The summed E-state index contributed by atoms with van der Waals surface area (Å²) in [6.45, 7) is 8.73. The van der Waals surface area contributed by atoms with Crippen LogP contribution >= 0.6 is 0 Å². The average Bonchev–Trinajstić information content (AvgIpc) is 3.29. The summed E-state index contributed by atoms with van der Waals surface area (Å²) >= 11 is 0. The monoisotopic (exact) mass is 546 g/mol. The molecule has 1 aliphatic heterocycles. The Morgan fingerprint density at radius 2 is 1.77 bits per heavy atom. The number of nitrogens with zero attached hydrogens (tertiary/aromatic N) is 5. The largest absolute Gasteiger partial charge is 0.471 e. The normalized spacial score (nSPS) is 14.3. The summed E-state index contributed by atoms with van der Waals surface area (Å²) < 4.78 is 36.1. The number of rotatable bonds is 10. The lowest BCUT2D eigenvalue weighted by atomic mass is 10.00. The van der Waals surface area contributed by atoms with Crippen LogP contribution < -0.4 is 9.46 Å². The Balaban J connectivity index is 1.30. The quantitative estimate of drug-likeness (QED) is 0.316. The average molecular weight is 547 g/mol. The molecule has 204 valence electrons. The number of aryl methyl sites for hydroxylation is 5. The van der Waals surface area contributed by atoms with Gasteiger partial charge in [-0.3, -0.25) is 9.58 Å². The third-order valence-electron chi connectivity index (χ3n) is 6.89. The van der Waals surface area contributed by atoms with Gasteiger partial charge in [-0.1, -0.05) is 48.0 Å². The van der Waals surface area contributed by atoms with Crippen molar-refractivity contribution in [2.75, 3.05) is 24.4 Å². The molecule has 0 spiro atoms. The van der Waals surface area contributed by atoms with Crippen molar-refractivity contribution in [3.63, 3.8) is 0 Å². The van der Waals surface area contributed by atoms with E-state index in [-0.39, 0.29) is 16.9 Å². The van der Waals surface area contributed by atoms with Crippen molar-refractivity contribution in [2.24, 2.45) is 7.05 Å². The number of sulfonamides is 1. The molecule has 5 rings (SSSR count). The van der Waals surface area contributed by atoms with E-state index in [2.05, 4.69) is 55.9 Å². The molecule has 0 saturated carbocycles. The smallest absolute Gasteiger partial charge is 0.267 e. The summed E-state index contributed by atoms with van der Waals surface area (Å²) in [5.41, 5.74) is 6.25. The molecule has 1 fully saturated rings. The first kappa shape index (κ1) is 26.8. The SMILES string of the molecule is Cc1cccc(CCCN2CC(Oc3cc(-c4c(C)cccc4C)nc(NS(=O)(=O)c4cnn(C)c4)n3)C2)c1. The Bertz CT molecular complexity index is 1560. The second-order valence-corrected chi connectivity index (χ2v) is 11.9. The van der Waals surface area contributed by atoms with Gasteiger partial charge in [0.05, 0.1) is 11.9 Å². The molecule has 0 atom stereocenters. The van der Waals surface area contributed by atoms with Crippen molar-refractivity contribution >= 4 is 16.0 Å². The van der Waals surface area contributed by atoms with Crippen molar-refractivity contribution < 1.29 is 13.2 Å². The molecule has 3 heterocycles. The molecule has 1 saturated heterocycles. The molecule has 9 nitrogen and oxygen atoms in total. The van der Waals surface area contributed by atoms with Crippen LogP contribution in [-0.2, 0) is 23.5 Å². The summed E-state index contributed by atoms with van der Waals surface area (Å²) in [6, 6.07) is 16.4. The summed E-state index contributed by atoms with van der Waals surface area (Å²) in [4.78, 5) is 11.4. The van der Waals surface area contributed by atoms with Gasteiger partial charge < -0.3 is 4.74 Å². The van der Waals surface area contributed by atoms with Gasteiger partial charge in [-0.2, -0.15) is 10.1 Å². The van der Waals surface area contributed by atoms with Crippen LogP contribution in [0.4, 0.5) is 5.95 Å². The van der Waals surface area contributed by atoms with Crippen LogP contribution in [0.15, 0.2) is 65.8 Å². The standard InChI is InChI=1S/C29H34N6O3S/c1-20-8-5-11-23(14-20)12-7-13-35-17-24(18-35)38-27-15-26(28-21(2)9-6-10-22(28)3)31-29(32-27)33-39(36,37)25-16-30-34(4)19-25/h5-6,8-11,14-16,19,24H,7,12-13,17-18H2,1-4H3,(H,31,32,33). The van der Waals surface area contributed by atoms with E-state index in [1.54, 1.807) is 13.1 Å². The lowest BCUT2D eigenvalue weighted by Gasteiger charge is -2.38. The lowest BCUT2D eigenvalue weighted by molar-refractivity contribution is 0.0168. The highest BCUT2D eigenvalue weighted by Crippen LogP contribution is 2.30. The van der Waals surface area contributed by atoms with E-state index >= 15 is 0 Å². The summed E-state index contributed by atoms with van der Waals surface area (Å²) in [7, 11) is -2.26. The minimum Gasteiger partial charge on any atom is -0.471 e. The van der Waals surface area contributed by atoms with Gasteiger partial charge in [0.2, 0.25) is 11.8 Å². The fraction of sp³-hybridized carbons (Fsp3) is 0.345. The number of anilines is 1. The number of aromatic nitrogens is 4. The van der Waals surface area contributed by atoms with Crippen molar-refractivity contribution in [3.8, 4) is 17.1 Å². The topological polar surface area (TPSA) is 102 Å². The Kier molecular flexibility index (Phi) is 7.67. The molecule has 0 bridgehead atoms. The molecule has 1 N–H and O–H groups in total. The van der Waals surface area contributed by atoms with Gasteiger partial charge in [0.25, 0.3) is 10.0 Å². The fourth-order valence-electron chi connectivity index (χ4n) is 4.92. The van der Waals surface area contributed by atoms with E-state index in [9.17, 15) is 8.42 Å². The Morgan fingerprint density at radius 3 is 2.46 bits per heavy atom. The summed E-state index contributed by atoms with van der Waals surface area (Å²) in [6.07, 6.45) is 4.83. The van der Waals surface area contributed by atoms with Crippen molar-refractivity contribution in [2.45, 2.75) is 44.6 Å². The third kappa shape index (κ3) is 6.46. The molecule has 0 amide bonds. The van der Waals surface area contributed by atoms with Crippen LogP contribution in [0.1, 0.15) is 28.7 Å². The minimum atomic E-state index is -3.92. The van der Waals surface area contributed by atoms with Crippen LogP contribution in [0.25, 0.3) is 11.3 Å². The number of hydrogen-bond donors (Lipinski definition) is 1. The van der Waals surface area contributed by atoms with Crippen LogP contribution in [0.3, 0.4) is 0 Å². The van der Waals surface area contributed by atoms with Gasteiger partial charge in [0.15, 0.2) is 0 Å². The fourth-order valence-corrected chi connectivity index (χ4v) is 5.85. The van der Waals surface area contributed by atoms with Gasteiger partial charge in [-0.15, -0.1) is 0 Å². The summed E-state index contributed by atoms with van der Waals surface area (Å²) in [5.74, 6) is 0.305. The lowest BCUT2D eigenvalue weighted by Crippen LogP contribution is -2.54.